The van der Waals surface area contributed by atoms with Crippen molar-refractivity contribution in [2.24, 2.45) is 0 Å². The molecule has 0 bridgehead atoms. The van der Waals surface area contributed by atoms with Crippen molar-refractivity contribution in [3.63, 3.8) is 0 Å². The van der Waals surface area contributed by atoms with Crippen LogP contribution in [0.4, 0.5) is 13.2 Å². The number of ether oxygens (including phenoxy) is 1. The Labute approximate surface area is 153 Å². The standard InChI is InChI=1S/C19H16F3NO4/c20-19(21,22)18(26)23-15(11-13-7-3-1-4-8-13)17(25)27-12-16(24)14-9-5-2-6-10-14/h1-10,15H,11-12H2,(H,23,26)/t15-/m1/s1. The summed E-state index contributed by atoms with van der Waals surface area (Å²) in [5.74, 6) is -3.89. The van der Waals surface area contributed by atoms with Gasteiger partial charge in [-0.1, -0.05) is 60.7 Å². The molecule has 0 saturated heterocycles. The maximum absolute atomic E-state index is 12.5. The third-order valence-electron chi connectivity index (χ3n) is 3.57. The lowest BCUT2D eigenvalue weighted by Crippen LogP contribution is -2.48. The summed E-state index contributed by atoms with van der Waals surface area (Å²) in [6, 6.07) is 14.6. The zero-order valence-electron chi connectivity index (χ0n) is 14.0. The molecule has 0 aliphatic carbocycles. The van der Waals surface area contributed by atoms with Crippen LogP contribution in [0.5, 0.6) is 0 Å². The Morgan fingerprint density at radius 3 is 2.04 bits per heavy atom. The number of hydrogen-bond donors (Lipinski definition) is 1. The molecule has 142 valence electrons. The second-order valence-electron chi connectivity index (χ2n) is 5.61. The summed E-state index contributed by atoms with van der Waals surface area (Å²) < 4.78 is 42.4. The van der Waals surface area contributed by atoms with Crippen molar-refractivity contribution in [1.82, 2.24) is 5.32 Å². The first kappa shape index (κ1) is 20.2. The normalized spacial score (nSPS) is 12.1. The summed E-state index contributed by atoms with van der Waals surface area (Å²) in [4.78, 5) is 35.4. The Morgan fingerprint density at radius 1 is 0.926 bits per heavy atom. The molecule has 1 amide bonds. The van der Waals surface area contributed by atoms with Crippen LogP contribution in [0.15, 0.2) is 60.7 Å². The van der Waals surface area contributed by atoms with Crippen LogP contribution < -0.4 is 5.32 Å². The maximum Gasteiger partial charge on any atom is 0.471 e. The number of carbonyl (C=O) groups is 3. The van der Waals surface area contributed by atoms with Crippen LogP contribution in [0.1, 0.15) is 15.9 Å². The number of amides is 1. The third-order valence-corrected chi connectivity index (χ3v) is 3.57. The average Bonchev–Trinajstić information content (AvgIpc) is 2.66. The van der Waals surface area contributed by atoms with Crippen LogP contribution in [0.2, 0.25) is 0 Å². The molecule has 0 aliphatic rings. The number of ketones is 1. The van der Waals surface area contributed by atoms with E-state index in [-0.39, 0.29) is 6.42 Å². The minimum Gasteiger partial charge on any atom is -0.456 e. The number of Topliss-reactive ketones (excluding diaryl/α,β-unsaturated/α-hetero) is 1. The molecule has 0 spiro atoms. The first-order chi connectivity index (χ1) is 12.8. The molecular formula is C19H16F3NO4. The molecule has 0 aliphatic heterocycles. The van der Waals surface area contributed by atoms with Gasteiger partial charge in [0.25, 0.3) is 0 Å². The number of alkyl halides is 3. The summed E-state index contributed by atoms with van der Waals surface area (Å²) in [7, 11) is 0. The fraction of sp³-hybridized carbons (Fsp3) is 0.211. The molecule has 27 heavy (non-hydrogen) atoms. The van der Waals surface area contributed by atoms with Crippen molar-refractivity contribution in [2.75, 3.05) is 6.61 Å². The summed E-state index contributed by atoms with van der Waals surface area (Å²) in [6.07, 6.45) is -5.35. The van der Waals surface area contributed by atoms with Crippen LogP contribution >= 0.6 is 0 Å². The number of nitrogens with one attached hydrogen (secondary N) is 1. The van der Waals surface area contributed by atoms with E-state index in [2.05, 4.69) is 0 Å². The number of benzene rings is 2. The van der Waals surface area contributed by atoms with Gasteiger partial charge in [0, 0.05) is 12.0 Å². The molecule has 5 nitrogen and oxygen atoms in total. The smallest absolute Gasteiger partial charge is 0.456 e. The topological polar surface area (TPSA) is 72.5 Å². The average molecular weight is 379 g/mol. The highest BCUT2D eigenvalue weighted by atomic mass is 19.4. The van der Waals surface area contributed by atoms with Crippen LogP contribution in [-0.2, 0) is 20.7 Å². The van der Waals surface area contributed by atoms with Gasteiger partial charge in [-0.3, -0.25) is 9.59 Å². The summed E-state index contributed by atoms with van der Waals surface area (Å²) in [5, 5.41) is 1.62. The largest absolute Gasteiger partial charge is 0.471 e. The second-order valence-corrected chi connectivity index (χ2v) is 5.61. The summed E-state index contributed by atoms with van der Waals surface area (Å²) >= 11 is 0. The highest BCUT2D eigenvalue weighted by Crippen LogP contribution is 2.15. The number of carbonyl (C=O) groups excluding carboxylic acids is 3. The number of rotatable bonds is 7. The molecule has 0 unspecified atom stereocenters. The minimum atomic E-state index is -5.14. The summed E-state index contributed by atoms with van der Waals surface area (Å²) in [6.45, 7) is -0.643. The van der Waals surface area contributed by atoms with Gasteiger partial charge < -0.3 is 10.1 Å². The van der Waals surface area contributed by atoms with Gasteiger partial charge in [-0.25, -0.2) is 4.79 Å². The van der Waals surface area contributed by atoms with Crippen LogP contribution in [-0.4, -0.2) is 36.5 Å². The van der Waals surface area contributed by atoms with E-state index >= 15 is 0 Å². The molecule has 2 aromatic carbocycles. The van der Waals surface area contributed by atoms with E-state index in [0.717, 1.165) is 0 Å². The van der Waals surface area contributed by atoms with Gasteiger partial charge >= 0.3 is 18.1 Å². The van der Waals surface area contributed by atoms with Gasteiger partial charge in [-0.2, -0.15) is 13.2 Å². The van der Waals surface area contributed by atoms with Crippen LogP contribution in [0, 0.1) is 0 Å². The lowest BCUT2D eigenvalue weighted by atomic mass is 10.1. The van der Waals surface area contributed by atoms with E-state index in [0.29, 0.717) is 11.1 Å². The van der Waals surface area contributed by atoms with Crippen molar-refractivity contribution >= 4 is 17.7 Å². The number of halogens is 3. The molecule has 0 fully saturated rings. The van der Waals surface area contributed by atoms with Crippen molar-refractivity contribution < 1.29 is 32.3 Å². The van der Waals surface area contributed by atoms with E-state index < -0.39 is 36.5 Å². The lowest BCUT2D eigenvalue weighted by molar-refractivity contribution is -0.175. The van der Waals surface area contributed by atoms with Crippen molar-refractivity contribution in [3.8, 4) is 0 Å². The molecule has 8 heteroatoms. The highest BCUT2D eigenvalue weighted by Gasteiger charge is 2.41. The zero-order chi connectivity index (χ0) is 19.9. The molecular weight excluding hydrogens is 363 g/mol. The monoisotopic (exact) mass is 379 g/mol. The lowest BCUT2D eigenvalue weighted by Gasteiger charge is -2.18. The Bertz CT molecular complexity index is 792. The predicted octanol–water partition coefficient (Wildman–Crippen LogP) is 2.70. The first-order valence-corrected chi connectivity index (χ1v) is 7.94. The maximum atomic E-state index is 12.5. The van der Waals surface area contributed by atoms with Crippen LogP contribution in [0.3, 0.4) is 0 Å². The summed E-state index contributed by atoms with van der Waals surface area (Å²) in [5.41, 5.74) is 0.820. The van der Waals surface area contributed by atoms with Crippen molar-refractivity contribution in [3.05, 3.63) is 71.8 Å². The van der Waals surface area contributed by atoms with E-state index in [4.69, 9.17) is 4.74 Å². The van der Waals surface area contributed by atoms with Gasteiger partial charge in [0.1, 0.15) is 6.04 Å². The van der Waals surface area contributed by atoms with Crippen LogP contribution in [0.25, 0.3) is 0 Å². The van der Waals surface area contributed by atoms with E-state index in [1.807, 2.05) is 0 Å². The first-order valence-electron chi connectivity index (χ1n) is 7.94. The fourth-order valence-corrected chi connectivity index (χ4v) is 2.23. The Kier molecular flexibility index (Phi) is 6.70. The minimum absolute atomic E-state index is 0.207. The number of hydrogen-bond acceptors (Lipinski definition) is 4. The Hall–Kier alpha value is -3.16. The third kappa shape index (κ3) is 6.25. The SMILES string of the molecule is O=C(COC(=O)[C@@H](Cc1ccccc1)NC(=O)C(F)(F)F)c1ccccc1. The zero-order valence-corrected chi connectivity index (χ0v) is 14.0. The number of esters is 1. The van der Waals surface area contributed by atoms with E-state index in [1.54, 1.807) is 53.8 Å². The van der Waals surface area contributed by atoms with E-state index in [9.17, 15) is 27.6 Å². The van der Waals surface area contributed by atoms with Crippen molar-refractivity contribution in [1.29, 1.82) is 0 Å². The Morgan fingerprint density at radius 2 is 1.48 bits per heavy atom. The molecule has 0 saturated carbocycles. The second kappa shape index (κ2) is 8.98. The van der Waals surface area contributed by atoms with Gasteiger partial charge in [0.15, 0.2) is 12.4 Å². The molecule has 0 aromatic heterocycles. The van der Waals surface area contributed by atoms with Crippen molar-refractivity contribution in [2.45, 2.75) is 18.6 Å². The molecule has 0 radical (unpaired) electrons. The molecule has 1 atom stereocenters. The molecule has 1 N–H and O–H groups in total. The Balaban J connectivity index is 2.05. The van der Waals surface area contributed by atoms with Gasteiger partial charge in [0.05, 0.1) is 0 Å². The van der Waals surface area contributed by atoms with Gasteiger partial charge in [-0.05, 0) is 5.56 Å². The molecule has 0 heterocycles. The molecule has 2 rings (SSSR count). The highest BCUT2D eigenvalue weighted by molar-refractivity contribution is 5.98. The van der Waals surface area contributed by atoms with E-state index in [1.165, 1.54) is 12.1 Å². The van der Waals surface area contributed by atoms with Gasteiger partial charge in [0.2, 0.25) is 0 Å². The fourth-order valence-electron chi connectivity index (χ4n) is 2.23. The van der Waals surface area contributed by atoms with Gasteiger partial charge in [-0.15, -0.1) is 0 Å². The quantitative estimate of drug-likeness (QED) is 0.593. The predicted molar refractivity (Wildman–Crippen MR) is 89.9 cm³/mol. The molecule has 2 aromatic rings.